The van der Waals surface area contributed by atoms with Crippen molar-refractivity contribution in [2.75, 3.05) is 11.1 Å². The number of anilines is 1. The Morgan fingerprint density at radius 3 is 2.76 bits per heavy atom. The molecule has 1 aromatic heterocycles. The molecule has 5 nitrogen and oxygen atoms in total. The number of rotatable bonds is 7. The Morgan fingerprint density at radius 2 is 2.03 bits per heavy atom. The third-order valence-corrected chi connectivity index (χ3v) is 5.51. The molecule has 0 radical (unpaired) electrons. The van der Waals surface area contributed by atoms with Gasteiger partial charge in [-0.05, 0) is 42.7 Å². The van der Waals surface area contributed by atoms with Crippen LogP contribution in [0, 0.1) is 11.7 Å². The second kappa shape index (κ2) is 9.41. The van der Waals surface area contributed by atoms with Crippen LogP contribution in [0.2, 0.25) is 5.02 Å². The van der Waals surface area contributed by atoms with E-state index in [1.165, 1.54) is 12.1 Å². The Labute approximate surface area is 177 Å². The number of carbonyl (C=O) groups excluding carboxylic acids is 1. The van der Waals surface area contributed by atoms with E-state index in [0.717, 1.165) is 24.2 Å². The van der Waals surface area contributed by atoms with Gasteiger partial charge in [0, 0.05) is 11.6 Å². The quantitative estimate of drug-likeness (QED) is 0.422. The van der Waals surface area contributed by atoms with E-state index in [-0.39, 0.29) is 22.0 Å². The van der Waals surface area contributed by atoms with E-state index in [2.05, 4.69) is 24.1 Å². The fourth-order valence-electron chi connectivity index (χ4n) is 2.75. The lowest BCUT2D eigenvalue weighted by atomic mass is 10.1. The summed E-state index contributed by atoms with van der Waals surface area (Å²) < 4.78 is 15.5. The monoisotopic (exact) mass is 433 g/mol. The molecular formula is C21H21ClFN3O2S. The molecule has 1 heterocycles. The van der Waals surface area contributed by atoms with Crippen LogP contribution in [0.25, 0.3) is 10.9 Å². The molecule has 0 atom stereocenters. The van der Waals surface area contributed by atoms with Gasteiger partial charge >= 0.3 is 0 Å². The highest BCUT2D eigenvalue weighted by atomic mass is 35.5. The number of fused-ring (bicyclic) bond motifs is 1. The lowest BCUT2D eigenvalue weighted by molar-refractivity contribution is -0.113. The molecule has 0 spiro atoms. The SMILES string of the molecule is CC(C)CCn1c(SCC(=O)Nc2ccc(Cl)cc2F)nc2ccccc2c1=O. The van der Waals surface area contributed by atoms with Crippen molar-refractivity contribution in [1.82, 2.24) is 9.55 Å². The highest BCUT2D eigenvalue weighted by Gasteiger charge is 2.14. The summed E-state index contributed by atoms with van der Waals surface area (Å²) in [7, 11) is 0. The Balaban J connectivity index is 1.81. The third-order valence-electron chi connectivity index (χ3n) is 4.29. The smallest absolute Gasteiger partial charge is 0.262 e. The summed E-state index contributed by atoms with van der Waals surface area (Å²) in [5.41, 5.74) is 0.525. The fourth-order valence-corrected chi connectivity index (χ4v) is 3.73. The van der Waals surface area contributed by atoms with Gasteiger partial charge in [0.1, 0.15) is 5.82 Å². The van der Waals surface area contributed by atoms with Gasteiger partial charge in [0.2, 0.25) is 5.91 Å². The van der Waals surface area contributed by atoms with Crippen LogP contribution in [0.1, 0.15) is 20.3 Å². The second-order valence-electron chi connectivity index (χ2n) is 7.01. The van der Waals surface area contributed by atoms with Crippen LogP contribution >= 0.6 is 23.4 Å². The standard InChI is InChI=1S/C21H21ClFN3O2S/c1-13(2)9-10-26-20(28)15-5-3-4-6-17(15)25-21(26)29-12-19(27)24-18-8-7-14(22)11-16(18)23/h3-8,11,13H,9-10,12H2,1-2H3,(H,24,27). The topological polar surface area (TPSA) is 64.0 Å². The van der Waals surface area contributed by atoms with E-state index in [1.807, 2.05) is 6.07 Å². The molecule has 0 unspecified atom stereocenters. The van der Waals surface area contributed by atoms with Crippen LogP contribution in [-0.2, 0) is 11.3 Å². The van der Waals surface area contributed by atoms with Crippen molar-refractivity contribution in [2.45, 2.75) is 32.0 Å². The lowest BCUT2D eigenvalue weighted by Gasteiger charge is -2.14. The first kappa shape index (κ1) is 21.3. The molecule has 0 aliphatic heterocycles. The molecule has 3 rings (SSSR count). The van der Waals surface area contributed by atoms with Crippen molar-refractivity contribution in [3.8, 4) is 0 Å². The Kier molecular flexibility index (Phi) is 6.92. The minimum Gasteiger partial charge on any atom is -0.323 e. The average molecular weight is 434 g/mol. The minimum absolute atomic E-state index is 0.00543. The van der Waals surface area contributed by atoms with Crippen molar-refractivity contribution in [1.29, 1.82) is 0 Å². The van der Waals surface area contributed by atoms with E-state index in [1.54, 1.807) is 22.8 Å². The molecule has 0 bridgehead atoms. The zero-order valence-corrected chi connectivity index (χ0v) is 17.7. The van der Waals surface area contributed by atoms with Gasteiger partial charge in [-0.2, -0.15) is 0 Å². The molecule has 29 heavy (non-hydrogen) atoms. The molecular weight excluding hydrogens is 413 g/mol. The maximum Gasteiger partial charge on any atom is 0.262 e. The Bertz CT molecular complexity index is 1100. The molecule has 0 saturated carbocycles. The van der Waals surface area contributed by atoms with Gasteiger partial charge in [0.15, 0.2) is 5.16 Å². The molecule has 0 aliphatic carbocycles. The van der Waals surface area contributed by atoms with E-state index in [0.29, 0.717) is 28.5 Å². The predicted octanol–water partition coefficient (Wildman–Crippen LogP) is 4.97. The van der Waals surface area contributed by atoms with E-state index >= 15 is 0 Å². The zero-order chi connectivity index (χ0) is 21.0. The average Bonchev–Trinajstić information content (AvgIpc) is 2.68. The first-order valence-corrected chi connectivity index (χ1v) is 10.6. The van der Waals surface area contributed by atoms with Crippen molar-refractivity contribution < 1.29 is 9.18 Å². The number of halogens is 2. The van der Waals surface area contributed by atoms with Crippen molar-refractivity contribution in [2.24, 2.45) is 5.92 Å². The minimum atomic E-state index is -0.603. The van der Waals surface area contributed by atoms with E-state index in [4.69, 9.17) is 11.6 Å². The number of hydrogen-bond acceptors (Lipinski definition) is 4. The van der Waals surface area contributed by atoms with Gasteiger partial charge in [-0.3, -0.25) is 14.2 Å². The molecule has 0 aliphatic rings. The van der Waals surface area contributed by atoms with Crippen molar-refractivity contribution >= 4 is 45.9 Å². The second-order valence-corrected chi connectivity index (χ2v) is 8.39. The molecule has 3 aromatic rings. The number of aromatic nitrogens is 2. The van der Waals surface area contributed by atoms with E-state index in [9.17, 15) is 14.0 Å². The Morgan fingerprint density at radius 1 is 1.28 bits per heavy atom. The van der Waals surface area contributed by atoms with Gasteiger partial charge in [-0.25, -0.2) is 9.37 Å². The highest BCUT2D eigenvalue weighted by molar-refractivity contribution is 7.99. The third kappa shape index (κ3) is 5.36. The number of thioether (sulfide) groups is 1. The maximum atomic E-state index is 13.9. The largest absolute Gasteiger partial charge is 0.323 e. The summed E-state index contributed by atoms with van der Waals surface area (Å²) in [5, 5.41) is 3.80. The van der Waals surface area contributed by atoms with Gasteiger partial charge in [0.05, 0.1) is 22.3 Å². The summed E-state index contributed by atoms with van der Waals surface area (Å²) in [6.07, 6.45) is 0.815. The van der Waals surface area contributed by atoms with Crippen LogP contribution in [0.5, 0.6) is 0 Å². The maximum absolute atomic E-state index is 13.9. The summed E-state index contributed by atoms with van der Waals surface area (Å²) in [4.78, 5) is 29.8. The van der Waals surface area contributed by atoms with Gasteiger partial charge in [0.25, 0.3) is 5.56 Å². The summed E-state index contributed by atoms with van der Waals surface area (Å²) in [6.45, 7) is 4.69. The van der Waals surface area contributed by atoms with Crippen LogP contribution in [0.15, 0.2) is 52.4 Å². The number of nitrogens with zero attached hydrogens (tertiary/aromatic N) is 2. The number of nitrogens with one attached hydrogen (secondary N) is 1. The molecule has 1 N–H and O–H groups in total. The first-order chi connectivity index (χ1) is 13.8. The molecule has 0 fully saturated rings. The van der Waals surface area contributed by atoms with Crippen molar-refractivity contribution in [3.63, 3.8) is 0 Å². The number of hydrogen-bond donors (Lipinski definition) is 1. The fraction of sp³-hybridized carbons (Fsp3) is 0.286. The van der Waals surface area contributed by atoms with Gasteiger partial charge in [-0.15, -0.1) is 0 Å². The molecule has 8 heteroatoms. The van der Waals surface area contributed by atoms with Gasteiger partial charge < -0.3 is 5.32 Å². The Hall–Kier alpha value is -2.38. The summed E-state index contributed by atoms with van der Waals surface area (Å²) >= 11 is 6.88. The lowest BCUT2D eigenvalue weighted by Crippen LogP contribution is -2.25. The molecule has 0 saturated heterocycles. The van der Waals surface area contributed by atoms with Gasteiger partial charge in [-0.1, -0.05) is 49.3 Å². The number of para-hydroxylation sites is 1. The first-order valence-electron chi connectivity index (χ1n) is 9.22. The normalized spacial score (nSPS) is 11.2. The van der Waals surface area contributed by atoms with Crippen molar-refractivity contribution in [3.05, 3.63) is 63.7 Å². The highest BCUT2D eigenvalue weighted by Crippen LogP contribution is 2.21. The van der Waals surface area contributed by atoms with Crippen LogP contribution in [0.4, 0.5) is 10.1 Å². The number of benzene rings is 2. The molecule has 152 valence electrons. The summed E-state index contributed by atoms with van der Waals surface area (Å²) in [5.74, 6) is -0.584. The number of amides is 1. The molecule has 1 amide bonds. The zero-order valence-electron chi connectivity index (χ0n) is 16.1. The predicted molar refractivity (Wildman–Crippen MR) is 116 cm³/mol. The molecule has 2 aromatic carbocycles. The number of carbonyl (C=O) groups is 1. The summed E-state index contributed by atoms with van der Waals surface area (Å²) in [6, 6.07) is 11.2. The van der Waals surface area contributed by atoms with Crippen LogP contribution in [-0.4, -0.2) is 21.2 Å². The van der Waals surface area contributed by atoms with Crippen LogP contribution in [0.3, 0.4) is 0 Å². The van der Waals surface area contributed by atoms with Crippen LogP contribution < -0.4 is 10.9 Å². The van der Waals surface area contributed by atoms with E-state index < -0.39 is 11.7 Å².